The van der Waals surface area contributed by atoms with Crippen LogP contribution in [0.4, 0.5) is 0 Å². The molecular formula is C12H24N2O7. The van der Waals surface area contributed by atoms with Gasteiger partial charge in [0.1, 0.15) is 13.2 Å². The minimum Gasteiger partial charge on any atom is -0.480 e. The lowest BCUT2D eigenvalue weighted by Crippen LogP contribution is -2.31. The van der Waals surface area contributed by atoms with Crippen molar-refractivity contribution >= 4 is 11.9 Å². The summed E-state index contributed by atoms with van der Waals surface area (Å²) in [6.07, 6.45) is 0. The third-order valence-electron chi connectivity index (χ3n) is 2.03. The molecule has 0 atom stereocenters. The van der Waals surface area contributed by atoms with E-state index in [9.17, 15) is 9.59 Å². The fraction of sp³-hybridized carbons (Fsp3) is 0.833. The SMILES string of the molecule is NCCOCCOCC(=O)NCCOCCOCC(=O)O. The third kappa shape index (κ3) is 16.7. The van der Waals surface area contributed by atoms with Crippen molar-refractivity contribution in [3.05, 3.63) is 0 Å². The lowest BCUT2D eigenvalue weighted by atomic mass is 10.6. The fourth-order valence-corrected chi connectivity index (χ4v) is 1.16. The molecule has 0 aliphatic rings. The Kier molecular flexibility index (Phi) is 14.2. The maximum absolute atomic E-state index is 11.3. The highest BCUT2D eigenvalue weighted by molar-refractivity contribution is 5.77. The van der Waals surface area contributed by atoms with Gasteiger partial charge in [0.25, 0.3) is 0 Å². The Morgan fingerprint density at radius 1 is 0.857 bits per heavy atom. The van der Waals surface area contributed by atoms with Crippen molar-refractivity contribution in [1.82, 2.24) is 5.32 Å². The van der Waals surface area contributed by atoms with E-state index in [1.54, 1.807) is 0 Å². The Morgan fingerprint density at radius 2 is 1.43 bits per heavy atom. The first-order chi connectivity index (χ1) is 10.2. The zero-order chi connectivity index (χ0) is 15.8. The van der Waals surface area contributed by atoms with E-state index >= 15 is 0 Å². The van der Waals surface area contributed by atoms with Gasteiger partial charge in [0.15, 0.2) is 0 Å². The number of nitrogens with two attached hydrogens (primary N) is 1. The second-order valence-electron chi connectivity index (χ2n) is 3.86. The number of carboxylic acid groups (broad SMARTS) is 1. The van der Waals surface area contributed by atoms with Crippen molar-refractivity contribution in [1.29, 1.82) is 0 Å². The lowest BCUT2D eigenvalue weighted by Gasteiger charge is -2.07. The van der Waals surface area contributed by atoms with Crippen LogP contribution in [0.25, 0.3) is 0 Å². The maximum Gasteiger partial charge on any atom is 0.329 e. The van der Waals surface area contributed by atoms with Crippen molar-refractivity contribution in [3.63, 3.8) is 0 Å². The molecule has 0 bridgehead atoms. The van der Waals surface area contributed by atoms with Crippen LogP contribution in [0.2, 0.25) is 0 Å². The summed E-state index contributed by atoms with van der Waals surface area (Å²) in [5.41, 5.74) is 5.24. The molecule has 0 rings (SSSR count). The molecule has 0 saturated heterocycles. The van der Waals surface area contributed by atoms with Crippen LogP contribution in [0, 0.1) is 0 Å². The van der Waals surface area contributed by atoms with Crippen molar-refractivity contribution in [2.75, 3.05) is 65.9 Å². The van der Waals surface area contributed by atoms with E-state index in [1.165, 1.54) is 0 Å². The molecule has 0 aliphatic heterocycles. The van der Waals surface area contributed by atoms with Gasteiger partial charge in [-0.05, 0) is 0 Å². The van der Waals surface area contributed by atoms with Crippen LogP contribution >= 0.6 is 0 Å². The van der Waals surface area contributed by atoms with Gasteiger partial charge in [-0.25, -0.2) is 4.79 Å². The van der Waals surface area contributed by atoms with E-state index in [0.717, 1.165) is 0 Å². The topological polar surface area (TPSA) is 129 Å². The van der Waals surface area contributed by atoms with E-state index in [0.29, 0.717) is 39.5 Å². The molecule has 9 heteroatoms. The molecule has 0 aromatic carbocycles. The number of carbonyl (C=O) groups excluding carboxylic acids is 1. The molecule has 0 unspecified atom stereocenters. The van der Waals surface area contributed by atoms with Gasteiger partial charge < -0.3 is 35.1 Å². The Morgan fingerprint density at radius 3 is 2.05 bits per heavy atom. The number of carboxylic acids is 1. The van der Waals surface area contributed by atoms with E-state index in [2.05, 4.69) is 5.32 Å². The largest absolute Gasteiger partial charge is 0.480 e. The second-order valence-corrected chi connectivity index (χ2v) is 3.86. The Hall–Kier alpha value is -1.26. The zero-order valence-corrected chi connectivity index (χ0v) is 12.0. The Bertz CT molecular complexity index is 276. The van der Waals surface area contributed by atoms with E-state index < -0.39 is 5.97 Å². The molecule has 21 heavy (non-hydrogen) atoms. The Balaban J connectivity index is 3.17. The summed E-state index contributed by atoms with van der Waals surface area (Å²) in [5, 5.41) is 10.9. The van der Waals surface area contributed by atoms with Gasteiger partial charge in [-0.3, -0.25) is 4.79 Å². The van der Waals surface area contributed by atoms with Crippen LogP contribution in [0.3, 0.4) is 0 Å². The van der Waals surface area contributed by atoms with Gasteiger partial charge in [0, 0.05) is 13.1 Å². The van der Waals surface area contributed by atoms with Gasteiger partial charge in [-0.1, -0.05) is 0 Å². The normalized spacial score (nSPS) is 10.5. The van der Waals surface area contributed by atoms with Crippen LogP contribution in [-0.4, -0.2) is 82.9 Å². The first-order valence-electron chi connectivity index (χ1n) is 6.66. The molecule has 4 N–H and O–H groups in total. The summed E-state index contributed by atoms with van der Waals surface area (Å²) in [5.74, 6) is -1.25. The third-order valence-corrected chi connectivity index (χ3v) is 2.03. The minimum absolute atomic E-state index is 0.0340. The van der Waals surface area contributed by atoms with Gasteiger partial charge in [-0.2, -0.15) is 0 Å². The molecule has 0 aliphatic carbocycles. The molecule has 1 amide bonds. The summed E-state index contributed by atoms with van der Waals surface area (Å²) in [6.45, 7) is 2.46. The highest BCUT2D eigenvalue weighted by Crippen LogP contribution is 1.81. The fourth-order valence-electron chi connectivity index (χ4n) is 1.16. The molecule has 0 fully saturated rings. The summed E-state index contributed by atoms with van der Waals surface area (Å²) >= 11 is 0. The molecular weight excluding hydrogens is 284 g/mol. The molecule has 9 nitrogen and oxygen atoms in total. The number of hydrogen-bond acceptors (Lipinski definition) is 7. The summed E-state index contributed by atoms with van der Waals surface area (Å²) in [4.78, 5) is 21.4. The van der Waals surface area contributed by atoms with E-state index in [4.69, 9.17) is 29.8 Å². The van der Waals surface area contributed by atoms with Crippen LogP contribution in [0.5, 0.6) is 0 Å². The Labute approximate surface area is 123 Å². The van der Waals surface area contributed by atoms with Crippen LogP contribution < -0.4 is 11.1 Å². The smallest absolute Gasteiger partial charge is 0.329 e. The first-order valence-corrected chi connectivity index (χ1v) is 6.66. The van der Waals surface area contributed by atoms with Crippen LogP contribution in [0.15, 0.2) is 0 Å². The number of carbonyl (C=O) groups is 2. The van der Waals surface area contributed by atoms with E-state index in [1.807, 2.05) is 0 Å². The summed E-state index contributed by atoms with van der Waals surface area (Å²) in [7, 11) is 0. The van der Waals surface area contributed by atoms with Crippen molar-refractivity contribution in [2.45, 2.75) is 0 Å². The summed E-state index contributed by atoms with van der Waals surface area (Å²) < 4.78 is 20.0. The number of amides is 1. The molecule has 0 spiro atoms. The highest BCUT2D eigenvalue weighted by atomic mass is 16.5. The predicted molar refractivity (Wildman–Crippen MR) is 73.0 cm³/mol. The number of aliphatic carboxylic acids is 1. The van der Waals surface area contributed by atoms with Gasteiger partial charge in [0.05, 0.1) is 39.6 Å². The quantitative estimate of drug-likeness (QED) is 0.303. The highest BCUT2D eigenvalue weighted by Gasteiger charge is 2.00. The van der Waals surface area contributed by atoms with E-state index in [-0.39, 0.29) is 32.3 Å². The number of hydrogen-bond donors (Lipinski definition) is 3. The monoisotopic (exact) mass is 308 g/mol. The minimum atomic E-state index is -1.02. The lowest BCUT2D eigenvalue weighted by molar-refractivity contribution is -0.142. The van der Waals surface area contributed by atoms with Gasteiger partial charge in [-0.15, -0.1) is 0 Å². The van der Waals surface area contributed by atoms with Crippen molar-refractivity contribution in [3.8, 4) is 0 Å². The summed E-state index contributed by atoms with van der Waals surface area (Å²) in [6, 6.07) is 0. The molecule has 0 aromatic rings. The van der Waals surface area contributed by atoms with Crippen molar-refractivity contribution < 1.29 is 33.6 Å². The number of ether oxygens (including phenoxy) is 4. The van der Waals surface area contributed by atoms with Crippen LogP contribution in [-0.2, 0) is 28.5 Å². The first kappa shape index (κ1) is 19.7. The van der Waals surface area contributed by atoms with Gasteiger partial charge in [0.2, 0.25) is 5.91 Å². The van der Waals surface area contributed by atoms with Gasteiger partial charge >= 0.3 is 5.97 Å². The molecule has 0 aromatic heterocycles. The second kappa shape index (κ2) is 15.1. The molecule has 0 saturated carbocycles. The average Bonchev–Trinajstić information content (AvgIpc) is 2.45. The molecule has 124 valence electrons. The molecule has 0 heterocycles. The van der Waals surface area contributed by atoms with Crippen LogP contribution in [0.1, 0.15) is 0 Å². The number of rotatable bonds is 15. The maximum atomic E-state index is 11.3. The zero-order valence-electron chi connectivity index (χ0n) is 12.0. The average molecular weight is 308 g/mol. The predicted octanol–water partition coefficient (Wildman–Crippen LogP) is -1.79. The standard InChI is InChI=1S/C12H24N2O7/c13-1-3-18-5-7-20-9-11(15)14-2-4-19-6-8-21-10-12(16)17/h1-10,13H2,(H,14,15)(H,16,17). The number of nitrogens with one attached hydrogen (secondary N) is 1. The molecule has 0 radical (unpaired) electrons. The van der Waals surface area contributed by atoms with Crippen molar-refractivity contribution in [2.24, 2.45) is 5.73 Å².